The maximum atomic E-state index is 5.06. The molecule has 0 N–H and O–H groups in total. The number of hydrogen-bond donors (Lipinski definition) is 0. The summed E-state index contributed by atoms with van der Waals surface area (Å²) >= 11 is 0. The van der Waals surface area contributed by atoms with Gasteiger partial charge in [-0.25, -0.2) is 15.0 Å². The van der Waals surface area contributed by atoms with Gasteiger partial charge < -0.3 is 9.13 Å². The zero-order valence-corrected chi connectivity index (χ0v) is 32.6. The minimum Gasteiger partial charge on any atom is -0.317 e. The van der Waals surface area contributed by atoms with Crippen LogP contribution in [0.4, 0.5) is 0 Å². The summed E-state index contributed by atoms with van der Waals surface area (Å²) < 4.78 is 4.77. The molecule has 8 aromatic carbocycles. The Morgan fingerprint density at radius 3 is 1.73 bits per heavy atom. The van der Waals surface area contributed by atoms with Gasteiger partial charge in [0.15, 0.2) is 17.5 Å². The van der Waals surface area contributed by atoms with Crippen molar-refractivity contribution in [2.24, 2.45) is 0 Å². The molecular weight excluding hydrogens is 719 g/mol. The number of benzene rings is 8. The summed E-state index contributed by atoms with van der Waals surface area (Å²) in [6.07, 6.45) is 2.18. The number of aromatic nitrogens is 5. The van der Waals surface area contributed by atoms with Crippen LogP contribution in [0.5, 0.6) is 0 Å². The van der Waals surface area contributed by atoms with Gasteiger partial charge in [-0.05, 0) is 82.2 Å². The summed E-state index contributed by atoms with van der Waals surface area (Å²) in [5.41, 5.74) is 13.7. The average Bonchev–Trinajstić information content (AvgIpc) is 3.94. The number of fused-ring (bicyclic) bond motifs is 9. The average molecular weight is 756 g/mol. The molecule has 0 aliphatic heterocycles. The molecule has 12 rings (SSSR count). The Hall–Kier alpha value is -7.63. The maximum absolute atomic E-state index is 5.06. The Morgan fingerprint density at radius 1 is 0.407 bits per heavy atom. The summed E-state index contributed by atoms with van der Waals surface area (Å²) in [5.74, 6) is 1.99. The van der Waals surface area contributed by atoms with E-state index in [1.807, 2.05) is 36.4 Å². The molecule has 1 aliphatic carbocycles. The number of hydrogen-bond acceptors (Lipinski definition) is 3. The summed E-state index contributed by atoms with van der Waals surface area (Å²) in [4.78, 5) is 15.1. The lowest BCUT2D eigenvalue weighted by Crippen LogP contribution is -2.15. The van der Waals surface area contributed by atoms with Crippen LogP contribution in [-0.4, -0.2) is 24.1 Å². The van der Waals surface area contributed by atoms with Crippen molar-refractivity contribution >= 4 is 43.5 Å². The van der Waals surface area contributed by atoms with Gasteiger partial charge in [0.2, 0.25) is 0 Å². The van der Waals surface area contributed by atoms with Gasteiger partial charge in [-0.1, -0.05) is 141 Å². The molecule has 59 heavy (non-hydrogen) atoms. The fraction of sp³-hybridized carbons (Fsp3) is 0.0556. The molecule has 0 saturated carbocycles. The van der Waals surface area contributed by atoms with Crippen LogP contribution >= 0.6 is 0 Å². The molecule has 0 radical (unpaired) electrons. The lowest BCUT2D eigenvalue weighted by atomic mass is 9.81. The Bertz CT molecular complexity index is 3390. The van der Waals surface area contributed by atoms with Gasteiger partial charge in [0.1, 0.15) is 0 Å². The minimum atomic E-state index is -0.276. The van der Waals surface area contributed by atoms with Gasteiger partial charge in [-0.3, -0.25) is 0 Å². The molecule has 3 heterocycles. The molecule has 0 unspecified atom stereocenters. The standard InChI is InChI=1S/C54H37N5/c1-54(2)46-31-38(53-56-51(34-14-6-3-7-15-34)55-52(57-53)35-16-8-4-9-17-35)23-25-41(46)42-27-24-40(33-47(42)54)59-48-21-13-12-20-43(48)44-26-22-36-32-49-37(30-45(36)50(44)59)28-29-58(49)39-18-10-5-11-19-39/h3-33H,1-2H3. The zero-order chi connectivity index (χ0) is 39.2. The zero-order valence-electron chi connectivity index (χ0n) is 32.6. The highest BCUT2D eigenvalue weighted by Crippen LogP contribution is 2.51. The normalized spacial score (nSPS) is 13.1. The molecule has 0 fully saturated rings. The molecular formula is C54H37N5. The Morgan fingerprint density at radius 2 is 1.02 bits per heavy atom. The second-order valence-corrected chi connectivity index (χ2v) is 16.1. The van der Waals surface area contributed by atoms with Crippen LogP contribution in [0.15, 0.2) is 188 Å². The summed E-state index contributed by atoms with van der Waals surface area (Å²) in [7, 11) is 0. The van der Waals surface area contributed by atoms with Crippen LogP contribution in [0.25, 0.3) is 100 Å². The Labute approximate surface area is 341 Å². The Balaban J connectivity index is 1.01. The molecule has 0 atom stereocenters. The quantitative estimate of drug-likeness (QED) is 0.176. The van der Waals surface area contributed by atoms with E-state index in [0.717, 1.165) is 28.1 Å². The van der Waals surface area contributed by atoms with E-state index in [2.05, 4.69) is 175 Å². The van der Waals surface area contributed by atoms with Gasteiger partial charge in [0.25, 0.3) is 0 Å². The van der Waals surface area contributed by atoms with Crippen molar-refractivity contribution < 1.29 is 0 Å². The molecule has 1 aliphatic rings. The van der Waals surface area contributed by atoms with Crippen molar-refractivity contribution in [3.05, 3.63) is 199 Å². The highest BCUT2D eigenvalue weighted by molar-refractivity contribution is 6.20. The highest BCUT2D eigenvalue weighted by atomic mass is 15.0. The topological polar surface area (TPSA) is 48.5 Å². The molecule has 0 amide bonds. The molecule has 5 heteroatoms. The number of rotatable bonds is 5. The van der Waals surface area contributed by atoms with Crippen molar-refractivity contribution in [1.82, 2.24) is 24.1 Å². The third-order valence-electron chi connectivity index (χ3n) is 12.4. The molecule has 0 bridgehead atoms. The summed E-state index contributed by atoms with van der Waals surface area (Å²) in [6.45, 7) is 4.69. The number of nitrogens with zero attached hydrogens (tertiary/aromatic N) is 5. The van der Waals surface area contributed by atoms with Crippen molar-refractivity contribution in [1.29, 1.82) is 0 Å². The first-order valence-electron chi connectivity index (χ1n) is 20.2. The van der Waals surface area contributed by atoms with E-state index >= 15 is 0 Å². The van der Waals surface area contributed by atoms with Gasteiger partial charge in [-0.15, -0.1) is 0 Å². The van der Waals surface area contributed by atoms with Crippen LogP contribution in [0.1, 0.15) is 25.0 Å². The van der Waals surface area contributed by atoms with Crippen molar-refractivity contribution in [3.8, 4) is 56.7 Å². The monoisotopic (exact) mass is 755 g/mol. The lowest BCUT2D eigenvalue weighted by Gasteiger charge is -2.23. The SMILES string of the molecule is CC1(C)c2cc(-c3nc(-c4ccccc4)nc(-c4ccccc4)n3)ccc2-c2ccc(-n3c4ccccc4c4ccc5cc6c(ccn6-c6ccccc6)cc5c43)cc21. The smallest absolute Gasteiger partial charge is 0.164 e. The van der Waals surface area contributed by atoms with E-state index < -0.39 is 0 Å². The second kappa shape index (κ2) is 12.7. The molecule has 0 spiro atoms. The van der Waals surface area contributed by atoms with Gasteiger partial charge in [0.05, 0.1) is 16.6 Å². The molecule has 278 valence electrons. The highest BCUT2D eigenvalue weighted by Gasteiger charge is 2.36. The predicted octanol–water partition coefficient (Wildman–Crippen LogP) is 13.4. The third-order valence-corrected chi connectivity index (χ3v) is 12.4. The predicted molar refractivity (Wildman–Crippen MR) is 242 cm³/mol. The third kappa shape index (κ3) is 5.14. The lowest BCUT2D eigenvalue weighted by molar-refractivity contribution is 0.660. The minimum absolute atomic E-state index is 0.276. The summed E-state index contributed by atoms with van der Waals surface area (Å²) in [5, 5.41) is 6.19. The first-order chi connectivity index (χ1) is 29.0. The van der Waals surface area contributed by atoms with E-state index in [9.17, 15) is 0 Å². The largest absolute Gasteiger partial charge is 0.317 e. The van der Waals surface area contributed by atoms with Crippen LogP contribution < -0.4 is 0 Å². The summed E-state index contributed by atoms with van der Waals surface area (Å²) in [6, 6.07) is 65.1. The van der Waals surface area contributed by atoms with Crippen LogP contribution in [0.2, 0.25) is 0 Å². The van der Waals surface area contributed by atoms with E-state index in [1.54, 1.807) is 0 Å². The fourth-order valence-corrected chi connectivity index (χ4v) is 9.44. The number of para-hydroxylation sites is 2. The molecule has 3 aromatic heterocycles. The van der Waals surface area contributed by atoms with E-state index in [1.165, 1.54) is 65.7 Å². The second-order valence-electron chi connectivity index (χ2n) is 16.1. The van der Waals surface area contributed by atoms with Crippen LogP contribution in [0, 0.1) is 0 Å². The van der Waals surface area contributed by atoms with Gasteiger partial charge >= 0.3 is 0 Å². The van der Waals surface area contributed by atoms with Crippen molar-refractivity contribution in [2.45, 2.75) is 19.3 Å². The Kier molecular flexibility index (Phi) is 7.20. The molecule has 5 nitrogen and oxygen atoms in total. The first kappa shape index (κ1) is 33.5. The molecule has 11 aromatic rings. The maximum Gasteiger partial charge on any atom is 0.164 e. The van der Waals surface area contributed by atoms with Gasteiger partial charge in [0, 0.05) is 61.2 Å². The van der Waals surface area contributed by atoms with Crippen molar-refractivity contribution in [2.75, 3.05) is 0 Å². The van der Waals surface area contributed by atoms with Crippen molar-refractivity contribution in [3.63, 3.8) is 0 Å². The van der Waals surface area contributed by atoms with E-state index in [0.29, 0.717) is 17.5 Å². The first-order valence-corrected chi connectivity index (χ1v) is 20.2. The van der Waals surface area contributed by atoms with Crippen LogP contribution in [0.3, 0.4) is 0 Å². The molecule has 0 saturated heterocycles. The van der Waals surface area contributed by atoms with Gasteiger partial charge in [-0.2, -0.15) is 0 Å². The van der Waals surface area contributed by atoms with E-state index in [-0.39, 0.29) is 5.41 Å². The van der Waals surface area contributed by atoms with E-state index in [4.69, 9.17) is 15.0 Å². The van der Waals surface area contributed by atoms with Crippen LogP contribution in [-0.2, 0) is 5.41 Å². The fourth-order valence-electron chi connectivity index (χ4n) is 9.44.